The fourth-order valence-electron chi connectivity index (χ4n) is 0.139. The van der Waals surface area contributed by atoms with Crippen LogP contribution in [0.3, 0.4) is 0 Å². The molecular formula is H6KNO10P2. The third-order valence-corrected chi connectivity index (χ3v) is 1.91. The molecule has 0 heterocycles. The molecule has 0 radical (unpaired) electrons. The van der Waals surface area contributed by atoms with Crippen LogP contribution in [0.4, 0.5) is 0 Å². The van der Waals surface area contributed by atoms with E-state index < -0.39 is 20.7 Å². The maximum Gasteiger partial charge on any atom is 1.00 e. The third-order valence-electron chi connectivity index (χ3n) is 0.213. The van der Waals surface area contributed by atoms with Crippen LogP contribution in [0.15, 0.2) is 0 Å². The molecule has 0 saturated heterocycles. The summed E-state index contributed by atoms with van der Waals surface area (Å²) in [6, 6.07) is 0. The SMILES string of the molecule is O=P(O)(O)OP(=O)(O)O.O=[N+]([O-])O.[H-].[K+]. The fraction of sp³-hybridized carbons (Fsp3) is 0. The molecule has 0 aromatic rings. The van der Waals surface area contributed by atoms with Gasteiger partial charge in [0.25, 0.3) is 5.09 Å². The van der Waals surface area contributed by atoms with E-state index in [2.05, 4.69) is 4.31 Å². The Morgan fingerprint density at radius 1 is 1.14 bits per heavy atom. The molecule has 0 aliphatic heterocycles. The minimum Gasteiger partial charge on any atom is -1.00 e. The van der Waals surface area contributed by atoms with Crippen molar-refractivity contribution in [1.29, 1.82) is 0 Å². The Labute approximate surface area is 121 Å². The number of nitrogens with zero attached hydrogens (tertiary/aromatic N) is 1. The van der Waals surface area contributed by atoms with Crippen LogP contribution in [0.5, 0.6) is 0 Å². The van der Waals surface area contributed by atoms with Crippen LogP contribution in [0.25, 0.3) is 0 Å². The van der Waals surface area contributed by atoms with E-state index in [0.717, 1.165) is 0 Å². The normalized spacial score (nSPS) is 10.6. The summed E-state index contributed by atoms with van der Waals surface area (Å²) >= 11 is 0. The molecule has 0 spiro atoms. The van der Waals surface area contributed by atoms with Crippen molar-refractivity contribution in [3.05, 3.63) is 10.1 Å². The zero-order chi connectivity index (χ0) is 11.3. The summed E-state index contributed by atoms with van der Waals surface area (Å²) in [6.07, 6.45) is 0. The summed E-state index contributed by atoms with van der Waals surface area (Å²) in [5, 5.41) is 13.6. The van der Waals surface area contributed by atoms with Gasteiger partial charge in [0.2, 0.25) is 0 Å². The van der Waals surface area contributed by atoms with Gasteiger partial charge in [-0.1, -0.05) is 0 Å². The van der Waals surface area contributed by atoms with Gasteiger partial charge >= 0.3 is 67.0 Å². The molecule has 0 aliphatic rings. The van der Waals surface area contributed by atoms with Crippen LogP contribution < -0.4 is 51.4 Å². The van der Waals surface area contributed by atoms with Gasteiger partial charge in [0.1, 0.15) is 0 Å². The van der Waals surface area contributed by atoms with E-state index in [1.165, 1.54) is 0 Å². The van der Waals surface area contributed by atoms with Gasteiger partial charge < -0.3 is 26.2 Å². The van der Waals surface area contributed by atoms with E-state index >= 15 is 0 Å². The first-order valence-electron chi connectivity index (χ1n) is 2.10. The van der Waals surface area contributed by atoms with Gasteiger partial charge in [0, 0.05) is 0 Å². The number of hydrogen-bond acceptors (Lipinski definition) is 5. The Morgan fingerprint density at radius 3 is 1.29 bits per heavy atom. The largest absolute Gasteiger partial charge is 1.00 e. The molecule has 5 N–H and O–H groups in total. The molecule has 0 aromatic carbocycles. The molecule has 0 atom stereocenters. The average Bonchev–Trinajstić information content (AvgIpc) is 1.47. The molecule has 11 nitrogen and oxygen atoms in total. The Bertz CT molecular complexity index is 228. The summed E-state index contributed by atoms with van der Waals surface area (Å²) < 4.78 is 22.2. The first-order chi connectivity index (χ1) is 5.44. The Morgan fingerprint density at radius 2 is 1.29 bits per heavy atom. The van der Waals surface area contributed by atoms with Crippen molar-refractivity contribution >= 4 is 15.6 Å². The van der Waals surface area contributed by atoms with Crippen LogP contribution in [0.2, 0.25) is 0 Å². The van der Waals surface area contributed by atoms with Crippen molar-refractivity contribution in [3.63, 3.8) is 0 Å². The standard InChI is InChI=1S/K.HNO3.H4O7P2.H/c;2-1(3)4;1-8(2,3)7-9(4,5)6;/h;(H,2,3,4);(H2,1,2,3)(H2,4,5,6);/q+1;;;-1. The molecular weight excluding hydrogens is 275 g/mol. The maximum absolute atomic E-state index is 9.63. The van der Waals surface area contributed by atoms with Gasteiger partial charge in [-0.2, -0.15) is 4.31 Å². The van der Waals surface area contributed by atoms with Gasteiger partial charge in [-0.25, -0.2) is 9.13 Å². The Hall–Kier alpha value is 1.10. The van der Waals surface area contributed by atoms with Gasteiger partial charge in [-0.15, -0.1) is 10.1 Å². The minimum atomic E-state index is -5.05. The molecule has 0 unspecified atom stereocenters. The predicted molar refractivity (Wildman–Crippen MR) is 35.1 cm³/mol. The second-order valence-electron chi connectivity index (χ2n) is 1.30. The summed E-state index contributed by atoms with van der Waals surface area (Å²) in [6.45, 7) is 0. The molecule has 0 aromatic heterocycles. The second-order valence-corrected chi connectivity index (χ2v) is 3.92. The summed E-state index contributed by atoms with van der Waals surface area (Å²) in [4.78, 5) is 39.4. The topological polar surface area (TPSA) is 188 Å². The van der Waals surface area contributed by atoms with Gasteiger partial charge in [-0.05, 0) is 0 Å². The van der Waals surface area contributed by atoms with Gasteiger partial charge in [0.05, 0.1) is 0 Å². The van der Waals surface area contributed by atoms with Gasteiger partial charge in [0.15, 0.2) is 0 Å². The van der Waals surface area contributed by atoms with Crippen molar-refractivity contribution in [1.82, 2.24) is 0 Å². The smallest absolute Gasteiger partial charge is 1.00 e. The van der Waals surface area contributed by atoms with E-state index in [1.807, 2.05) is 0 Å². The van der Waals surface area contributed by atoms with E-state index in [0.29, 0.717) is 0 Å². The fourth-order valence-corrected chi connectivity index (χ4v) is 1.25. The first kappa shape index (κ1) is 20.5. The van der Waals surface area contributed by atoms with Crippen LogP contribution >= 0.6 is 15.6 Å². The molecule has 0 rings (SSSR count). The van der Waals surface area contributed by atoms with E-state index in [9.17, 15) is 9.13 Å². The second kappa shape index (κ2) is 8.27. The number of hydrogen-bond donors (Lipinski definition) is 5. The van der Waals surface area contributed by atoms with E-state index in [4.69, 9.17) is 34.9 Å². The number of rotatable bonds is 2. The zero-order valence-electron chi connectivity index (χ0n) is 7.62. The number of phosphoric acid groups is 2. The van der Waals surface area contributed by atoms with E-state index in [-0.39, 0.29) is 52.8 Å². The molecule has 14 heavy (non-hydrogen) atoms. The Balaban J connectivity index is -0.0000000883. The van der Waals surface area contributed by atoms with Gasteiger partial charge in [-0.3, -0.25) is 0 Å². The first-order valence-corrected chi connectivity index (χ1v) is 5.16. The molecule has 0 bridgehead atoms. The summed E-state index contributed by atoms with van der Waals surface area (Å²) in [7, 11) is -10.1. The molecule has 0 fully saturated rings. The molecule has 0 saturated carbocycles. The van der Waals surface area contributed by atoms with Crippen molar-refractivity contribution in [2.75, 3.05) is 0 Å². The summed E-state index contributed by atoms with van der Waals surface area (Å²) in [5.74, 6) is 0. The predicted octanol–water partition coefficient (Wildman–Crippen LogP) is -4.04. The monoisotopic (exact) mass is 281 g/mol. The van der Waals surface area contributed by atoms with Crippen LogP contribution in [-0.2, 0) is 13.4 Å². The maximum atomic E-state index is 9.63. The van der Waals surface area contributed by atoms with Crippen molar-refractivity contribution in [2.24, 2.45) is 0 Å². The average molecular weight is 281 g/mol. The van der Waals surface area contributed by atoms with Crippen molar-refractivity contribution < 1.29 is 96.1 Å². The van der Waals surface area contributed by atoms with Crippen molar-refractivity contribution in [2.45, 2.75) is 0 Å². The molecule has 82 valence electrons. The van der Waals surface area contributed by atoms with Crippen LogP contribution in [-0.4, -0.2) is 29.9 Å². The molecule has 14 heteroatoms. The molecule has 0 amide bonds. The quantitative estimate of drug-likeness (QED) is 0.144. The van der Waals surface area contributed by atoms with E-state index in [1.54, 1.807) is 0 Å². The van der Waals surface area contributed by atoms with Crippen LogP contribution in [0.1, 0.15) is 1.43 Å². The van der Waals surface area contributed by atoms with Crippen LogP contribution in [0, 0.1) is 10.1 Å². The van der Waals surface area contributed by atoms with Crippen molar-refractivity contribution in [3.8, 4) is 0 Å². The molecule has 0 aliphatic carbocycles. The minimum absolute atomic E-state index is 0. The third kappa shape index (κ3) is 38.1. The zero-order valence-corrected chi connectivity index (χ0v) is 11.5. The summed E-state index contributed by atoms with van der Waals surface area (Å²) in [5.41, 5.74) is 0. The Kier molecular flexibility index (Phi) is 12.1.